The molecule has 2 atom stereocenters. The molecular weight excluding hydrogens is 386 g/mol. The van der Waals surface area contributed by atoms with Crippen molar-refractivity contribution in [2.24, 2.45) is 0 Å². The molecule has 2 aliphatic heterocycles. The largest absolute Gasteiger partial charge is 0.497 e. The van der Waals surface area contributed by atoms with Gasteiger partial charge < -0.3 is 15.4 Å². The lowest BCUT2D eigenvalue weighted by Gasteiger charge is -2.14. The van der Waals surface area contributed by atoms with Crippen molar-refractivity contribution in [3.63, 3.8) is 0 Å². The van der Waals surface area contributed by atoms with E-state index in [-0.39, 0.29) is 48.7 Å². The van der Waals surface area contributed by atoms with Gasteiger partial charge in [0.2, 0.25) is 5.91 Å². The van der Waals surface area contributed by atoms with Crippen molar-refractivity contribution in [2.75, 3.05) is 18.6 Å². The van der Waals surface area contributed by atoms with Gasteiger partial charge in [-0.2, -0.15) is 0 Å². The van der Waals surface area contributed by atoms with Gasteiger partial charge in [-0.15, -0.1) is 0 Å². The summed E-state index contributed by atoms with van der Waals surface area (Å²) in [7, 11) is -1.52. The van der Waals surface area contributed by atoms with Gasteiger partial charge >= 0.3 is 6.03 Å². The van der Waals surface area contributed by atoms with Crippen LogP contribution in [0.25, 0.3) is 0 Å². The van der Waals surface area contributed by atoms with Gasteiger partial charge in [0.25, 0.3) is 5.91 Å². The highest BCUT2D eigenvalue weighted by Crippen LogP contribution is 2.18. The molecule has 0 radical (unpaired) electrons. The second kappa shape index (κ2) is 8.17. The number of amides is 4. The van der Waals surface area contributed by atoms with E-state index >= 15 is 0 Å². The topological polar surface area (TPSA) is 122 Å². The summed E-state index contributed by atoms with van der Waals surface area (Å²) in [4.78, 5) is 37.8. The molecule has 2 saturated heterocycles. The van der Waals surface area contributed by atoms with Gasteiger partial charge in [0.15, 0.2) is 9.84 Å². The maximum Gasteiger partial charge on any atom is 0.325 e. The number of urea groups is 1. The van der Waals surface area contributed by atoms with Crippen LogP contribution in [0, 0.1) is 0 Å². The number of nitrogens with one attached hydrogen (secondary N) is 2. The number of sulfone groups is 1. The summed E-state index contributed by atoms with van der Waals surface area (Å²) in [5.74, 6) is 0.0119. The number of carbonyl (C=O) groups is 3. The summed E-state index contributed by atoms with van der Waals surface area (Å²) in [6.07, 6.45) is 0.599. The molecule has 2 aliphatic rings. The number of imide groups is 1. The first-order chi connectivity index (χ1) is 13.3. The van der Waals surface area contributed by atoms with Crippen LogP contribution in [-0.2, 0) is 26.0 Å². The van der Waals surface area contributed by atoms with Gasteiger partial charge in [-0.3, -0.25) is 14.5 Å². The minimum atomic E-state index is -3.07. The molecule has 0 aliphatic carbocycles. The molecule has 1 aromatic carbocycles. The third kappa shape index (κ3) is 4.80. The fourth-order valence-corrected chi connectivity index (χ4v) is 4.99. The Hall–Kier alpha value is -2.62. The second-order valence-electron chi connectivity index (χ2n) is 6.98. The maximum absolute atomic E-state index is 12.5. The minimum absolute atomic E-state index is 0.0314. The maximum atomic E-state index is 12.5. The predicted octanol–water partition coefficient (Wildman–Crippen LogP) is 0.199. The van der Waals surface area contributed by atoms with E-state index < -0.39 is 21.9 Å². The zero-order valence-electron chi connectivity index (χ0n) is 15.5. The average Bonchev–Trinajstić information content (AvgIpc) is 3.13. The number of benzene rings is 1. The van der Waals surface area contributed by atoms with Crippen LogP contribution in [0.15, 0.2) is 24.3 Å². The van der Waals surface area contributed by atoms with Crippen molar-refractivity contribution in [3.8, 4) is 5.75 Å². The van der Waals surface area contributed by atoms with Gasteiger partial charge in [0.05, 0.1) is 25.2 Å². The lowest BCUT2D eigenvalue weighted by Crippen LogP contribution is -2.37. The average molecular weight is 409 g/mol. The third-order valence-corrected chi connectivity index (χ3v) is 6.63. The molecule has 0 saturated carbocycles. The first-order valence-corrected chi connectivity index (χ1v) is 10.8. The number of methoxy groups -OCH3 is 1. The molecule has 0 bridgehead atoms. The lowest BCUT2D eigenvalue weighted by molar-refractivity contribution is -0.128. The van der Waals surface area contributed by atoms with Crippen molar-refractivity contribution in [1.82, 2.24) is 15.5 Å². The van der Waals surface area contributed by atoms with E-state index in [9.17, 15) is 22.8 Å². The summed E-state index contributed by atoms with van der Waals surface area (Å²) >= 11 is 0. The summed E-state index contributed by atoms with van der Waals surface area (Å²) in [6, 6.07) is 5.42. The Morgan fingerprint density at radius 3 is 2.61 bits per heavy atom. The number of hydrogen-bond acceptors (Lipinski definition) is 6. The van der Waals surface area contributed by atoms with E-state index in [4.69, 9.17) is 4.74 Å². The summed E-state index contributed by atoms with van der Waals surface area (Å²) in [5, 5.41) is 5.27. The molecule has 28 heavy (non-hydrogen) atoms. The normalized spacial score (nSPS) is 23.5. The van der Waals surface area contributed by atoms with Crippen LogP contribution in [0.4, 0.5) is 4.79 Å². The van der Waals surface area contributed by atoms with Crippen LogP contribution >= 0.6 is 0 Å². The molecule has 2 fully saturated rings. The number of carbonyl (C=O) groups excluding carboxylic acids is 3. The molecule has 2 heterocycles. The lowest BCUT2D eigenvalue weighted by atomic mass is 10.1. The zero-order chi connectivity index (χ0) is 20.3. The standard InChI is InChI=1S/C18H23N3O6S/c1-27-14-4-2-12(3-5-14)10-21-17(23)15(20-18(21)24)6-7-16(22)19-13-8-9-28(25,26)11-13/h2-5,13,15H,6-11H2,1H3,(H,19,22)(H,20,24)/t13-,15-/m1/s1. The highest BCUT2D eigenvalue weighted by molar-refractivity contribution is 7.91. The first-order valence-electron chi connectivity index (χ1n) is 9.02. The molecular formula is C18H23N3O6S. The monoisotopic (exact) mass is 409 g/mol. The van der Waals surface area contributed by atoms with E-state index in [1.165, 1.54) is 0 Å². The van der Waals surface area contributed by atoms with Crippen LogP contribution in [-0.4, -0.2) is 61.9 Å². The zero-order valence-corrected chi connectivity index (χ0v) is 16.3. The fourth-order valence-electron chi connectivity index (χ4n) is 3.32. The summed E-state index contributed by atoms with van der Waals surface area (Å²) in [5.41, 5.74) is 0.783. The predicted molar refractivity (Wildman–Crippen MR) is 100 cm³/mol. The van der Waals surface area contributed by atoms with Crippen LogP contribution in [0.1, 0.15) is 24.8 Å². The van der Waals surface area contributed by atoms with Crippen molar-refractivity contribution in [2.45, 2.75) is 37.9 Å². The summed E-state index contributed by atoms with van der Waals surface area (Å²) in [6.45, 7) is 0.136. The van der Waals surface area contributed by atoms with E-state index in [0.717, 1.165) is 10.5 Å². The molecule has 0 aromatic heterocycles. The number of hydrogen-bond donors (Lipinski definition) is 2. The van der Waals surface area contributed by atoms with Gasteiger partial charge in [0, 0.05) is 12.5 Å². The Balaban J connectivity index is 1.49. The molecule has 4 amide bonds. The third-order valence-electron chi connectivity index (χ3n) is 4.86. The van der Waals surface area contributed by atoms with Crippen LogP contribution in [0.5, 0.6) is 5.75 Å². The SMILES string of the molecule is COc1ccc(CN2C(=O)N[C@H](CCC(=O)N[C@@H]3CCS(=O)(=O)C3)C2=O)cc1. The second-order valence-corrected chi connectivity index (χ2v) is 9.21. The first kappa shape index (κ1) is 20.1. The molecule has 2 N–H and O–H groups in total. The van der Waals surface area contributed by atoms with Gasteiger partial charge in [-0.05, 0) is 30.5 Å². The molecule has 3 rings (SSSR count). The van der Waals surface area contributed by atoms with Crippen LogP contribution < -0.4 is 15.4 Å². The van der Waals surface area contributed by atoms with Crippen molar-refractivity contribution < 1.29 is 27.5 Å². The molecule has 0 spiro atoms. The van der Waals surface area contributed by atoms with Crippen molar-refractivity contribution in [1.29, 1.82) is 0 Å². The van der Waals surface area contributed by atoms with Gasteiger partial charge in [-0.1, -0.05) is 12.1 Å². The Morgan fingerprint density at radius 2 is 2.00 bits per heavy atom. The minimum Gasteiger partial charge on any atom is -0.497 e. The Morgan fingerprint density at radius 1 is 1.29 bits per heavy atom. The Kier molecular flexibility index (Phi) is 5.87. The number of nitrogens with zero attached hydrogens (tertiary/aromatic N) is 1. The summed E-state index contributed by atoms with van der Waals surface area (Å²) < 4.78 is 27.9. The van der Waals surface area contributed by atoms with Gasteiger partial charge in [0.1, 0.15) is 11.8 Å². The molecule has 9 nitrogen and oxygen atoms in total. The smallest absolute Gasteiger partial charge is 0.325 e. The van der Waals surface area contributed by atoms with Crippen LogP contribution in [0.3, 0.4) is 0 Å². The highest BCUT2D eigenvalue weighted by atomic mass is 32.2. The van der Waals surface area contributed by atoms with E-state index in [2.05, 4.69) is 10.6 Å². The molecule has 152 valence electrons. The van der Waals surface area contributed by atoms with E-state index in [1.54, 1.807) is 31.4 Å². The van der Waals surface area contributed by atoms with Crippen molar-refractivity contribution >= 4 is 27.7 Å². The van der Waals surface area contributed by atoms with E-state index in [1.807, 2.05) is 0 Å². The van der Waals surface area contributed by atoms with Gasteiger partial charge in [-0.25, -0.2) is 13.2 Å². The van der Waals surface area contributed by atoms with Crippen LogP contribution in [0.2, 0.25) is 0 Å². The Bertz CT molecular complexity index is 868. The fraction of sp³-hybridized carbons (Fsp3) is 0.500. The number of rotatable bonds is 7. The quantitative estimate of drug-likeness (QED) is 0.621. The number of ether oxygens (including phenoxy) is 1. The Labute approximate surface area is 163 Å². The highest BCUT2D eigenvalue weighted by Gasteiger charge is 2.38. The molecule has 1 aromatic rings. The molecule has 10 heteroatoms. The molecule has 0 unspecified atom stereocenters. The van der Waals surface area contributed by atoms with E-state index in [0.29, 0.717) is 12.2 Å². The van der Waals surface area contributed by atoms with Crippen molar-refractivity contribution in [3.05, 3.63) is 29.8 Å².